The van der Waals surface area contributed by atoms with Crippen LogP contribution < -0.4 is 5.56 Å². The van der Waals surface area contributed by atoms with Gasteiger partial charge < -0.3 is 0 Å². The van der Waals surface area contributed by atoms with Crippen LogP contribution in [-0.2, 0) is 0 Å². The minimum atomic E-state index is -0.291. The Balaban J connectivity index is 2.02. The van der Waals surface area contributed by atoms with E-state index in [1.54, 1.807) is 31.2 Å². The Morgan fingerprint density at radius 3 is 2.43 bits per heavy atom. The maximum atomic E-state index is 12.5. The van der Waals surface area contributed by atoms with Crippen molar-refractivity contribution in [3.63, 3.8) is 0 Å². The van der Waals surface area contributed by atoms with Gasteiger partial charge in [-0.15, -0.1) is 10.2 Å². The summed E-state index contributed by atoms with van der Waals surface area (Å²) in [5, 5.41) is 11.0. The van der Waals surface area contributed by atoms with E-state index in [9.17, 15) is 9.59 Å². The topological polar surface area (TPSA) is 79.6 Å². The fourth-order valence-corrected chi connectivity index (χ4v) is 2.20. The molecule has 0 aliphatic rings. The molecule has 1 N–H and O–H groups in total. The van der Waals surface area contributed by atoms with E-state index >= 15 is 0 Å². The number of aromatic amines is 1. The molecule has 0 aliphatic heterocycles. The van der Waals surface area contributed by atoms with Crippen molar-refractivity contribution in [2.75, 3.05) is 0 Å². The van der Waals surface area contributed by atoms with Crippen molar-refractivity contribution in [1.29, 1.82) is 0 Å². The van der Waals surface area contributed by atoms with Crippen LogP contribution in [0.4, 0.5) is 11.4 Å². The Kier molecular flexibility index (Phi) is 3.97. The average Bonchev–Trinajstić information content (AvgIpc) is 2.88. The van der Waals surface area contributed by atoms with Crippen molar-refractivity contribution < 1.29 is 4.79 Å². The zero-order valence-electron chi connectivity index (χ0n) is 12.4. The Morgan fingerprint density at radius 2 is 1.70 bits per heavy atom. The highest BCUT2D eigenvalue weighted by Crippen LogP contribution is 2.21. The molecule has 6 nitrogen and oxygen atoms in total. The van der Waals surface area contributed by atoms with Crippen molar-refractivity contribution in [2.24, 2.45) is 10.2 Å². The maximum absolute atomic E-state index is 12.5. The Hall–Kier alpha value is -3.28. The van der Waals surface area contributed by atoms with Crippen molar-refractivity contribution in [2.45, 2.75) is 6.92 Å². The first-order valence-electron chi connectivity index (χ1n) is 7.03. The van der Waals surface area contributed by atoms with Gasteiger partial charge in [-0.1, -0.05) is 30.3 Å². The van der Waals surface area contributed by atoms with E-state index in [1.165, 1.54) is 4.68 Å². The number of aldehydes is 1. The van der Waals surface area contributed by atoms with Gasteiger partial charge >= 0.3 is 0 Å². The number of nitrogens with one attached hydrogen (secondary N) is 1. The number of azo groups is 1. The fraction of sp³-hybridized carbons (Fsp3) is 0.0588. The van der Waals surface area contributed by atoms with E-state index in [4.69, 9.17) is 0 Å². The molecular weight excluding hydrogens is 292 g/mol. The summed E-state index contributed by atoms with van der Waals surface area (Å²) in [5.74, 6) is 0. The molecule has 3 rings (SSSR count). The minimum absolute atomic E-state index is 0.217. The van der Waals surface area contributed by atoms with Gasteiger partial charge in [-0.3, -0.25) is 14.7 Å². The number of benzene rings is 2. The summed E-state index contributed by atoms with van der Waals surface area (Å²) < 4.78 is 1.41. The maximum Gasteiger partial charge on any atom is 0.299 e. The number of hydrogen-bond donors (Lipinski definition) is 1. The van der Waals surface area contributed by atoms with Gasteiger partial charge in [0, 0.05) is 5.56 Å². The Labute approximate surface area is 132 Å². The van der Waals surface area contributed by atoms with Crippen molar-refractivity contribution in [3.05, 3.63) is 76.2 Å². The molecule has 3 aromatic rings. The van der Waals surface area contributed by atoms with E-state index in [2.05, 4.69) is 15.3 Å². The summed E-state index contributed by atoms with van der Waals surface area (Å²) in [7, 11) is 0. The highest BCUT2D eigenvalue weighted by Gasteiger charge is 2.12. The number of rotatable bonds is 4. The number of nitrogens with zero attached hydrogens (tertiary/aromatic N) is 3. The third kappa shape index (κ3) is 2.87. The Bertz CT molecular complexity index is 923. The molecule has 1 heterocycles. The first kappa shape index (κ1) is 14.6. The molecule has 0 radical (unpaired) electrons. The molecule has 6 heteroatoms. The van der Waals surface area contributed by atoms with Crippen LogP contribution in [0.15, 0.2) is 69.6 Å². The molecule has 23 heavy (non-hydrogen) atoms. The molecule has 114 valence electrons. The number of H-pyrrole nitrogens is 1. The first-order chi connectivity index (χ1) is 11.2. The van der Waals surface area contributed by atoms with Crippen molar-refractivity contribution >= 4 is 17.7 Å². The lowest BCUT2D eigenvalue weighted by Gasteiger charge is -1.99. The SMILES string of the molecule is Cc1[nH]n(-c2ccccc2)c(=O)c1N=Nc1ccccc1C=O. The average molecular weight is 306 g/mol. The molecule has 0 saturated heterocycles. The molecule has 0 unspecified atom stereocenters. The molecule has 1 aromatic heterocycles. The molecule has 0 atom stereocenters. The third-order valence-electron chi connectivity index (χ3n) is 3.38. The zero-order valence-corrected chi connectivity index (χ0v) is 12.4. The summed E-state index contributed by atoms with van der Waals surface area (Å²) in [5.41, 5.74) is 2.10. The standard InChI is InChI=1S/C17H14N4O2/c1-12-16(19-18-15-10-6-5-7-13(15)11-22)17(23)21(20-12)14-8-3-2-4-9-14/h2-11,20H,1H3. The van der Waals surface area contributed by atoms with Gasteiger partial charge in [0.1, 0.15) is 0 Å². The molecule has 0 spiro atoms. The van der Waals surface area contributed by atoms with Gasteiger partial charge in [0.25, 0.3) is 5.56 Å². The molecule has 2 aromatic carbocycles. The van der Waals surface area contributed by atoms with Crippen LogP contribution in [0.1, 0.15) is 16.1 Å². The lowest BCUT2D eigenvalue weighted by atomic mass is 10.2. The quantitative estimate of drug-likeness (QED) is 0.589. The summed E-state index contributed by atoms with van der Waals surface area (Å²) >= 11 is 0. The molecule has 0 bridgehead atoms. The minimum Gasteiger partial charge on any atom is -0.298 e. The van der Waals surface area contributed by atoms with Gasteiger partial charge in [0.15, 0.2) is 12.0 Å². The van der Waals surface area contributed by atoms with Crippen LogP contribution in [0.25, 0.3) is 5.69 Å². The highest BCUT2D eigenvalue weighted by atomic mass is 16.1. The third-order valence-corrected chi connectivity index (χ3v) is 3.38. The summed E-state index contributed by atoms with van der Waals surface area (Å²) in [6.07, 6.45) is 0.709. The van der Waals surface area contributed by atoms with Gasteiger partial charge in [-0.2, -0.15) is 0 Å². The summed E-state index contributed by atoms with van der Waals surface area (Å²) in [6.45, 7) is 1.75. The number of aryl methyl sites for hydroxylation is 1. The zero-order chi connectivity index (χ0) is 16.2. The summed E-state index contributed by atoms with van der Waals surface area (Å²) in [6, 6.07) is 16.0. The van der Waals surface area contributed by atoms with E-state index in [1.807, 2.05) is 30.3 Å². The van der Waals surface area contributed by atoms with Crippen LogP contribution in [0.5, 0.6) is 0 Å². The second kappa shape index (κ2) is 6.23. The molecule has 0 fully saturated rings. The van der Waals surface area contributed by atoms with Crippen LogP contribution in [-0.4, -0.2) is 16.1 Å². The van der Waals surface area contributed by atoms with Crippen LogP contribution in [0, 0.1) is 6.92 Å². The van der Waals surface area contributed by atoms with Crippen molar-refractivity contribution in [1.82, 2.24) is 9.78 Å². The van der Waals surface area contributed by atoms with E-state index in [0.717, 1.165) is 5.69 Å². The molecule has 0 amide bonds. The van der Waals surface area contributed by atoms with Crippen LogP contribution in [0.2, 0.25) is 0 Å². The molecule has 0 aliphatic carbocycles. The number of carbonyl (C=O) groups is 1. The number of aromatic nitrogens is 2. The fourth-order valence-electron chi connectivity index (χ4n) is 2.20. The van der Waals surface area contributed by atoms with Crippen molar-refractivity contribution in [3.8, 4) is 5.69 Å². The smallest absolute Gasteiger partial charge is 0.298 e. The summed E-state index contributed by atoms with van der Waals surface area (Å²) in [4.78, 5) is 23.5. The van der Waals surface area contributed by atoms with E-state index in [0.29, 0.717) is 23.2 Å². The number of carbonyl (C=O) groups excluding carboxylic acids is 1. The predicted octanol–water partition coefficient (Wildman–Crippen LogP) is 3.70. The molecule has 0 saturated carbocycles. The van der Waals surface area contributed by atoms with Crippen LogP contribution >= 0.6 is 0 Å². The predicted molar refractivity (Wildman–Crippen MR) is 87.1 cm³/mol. The van der Waals surface area contributed by atoms with Gasteiger partial charge in [-0.25, -0.2) is 4.68 Å². The number of para-hydroxylation sites is 1. The first-order valence-corrected chi connectivity index (χ1v) is 7.03. The molecular formula is C17H14N4O2. The van der Waals surface area contributed by atoms with Gasteiger partial charge in [0.2, 0.25) is 0 Å². The second-order valence-corrected chi connectivity index (χ2v) is 4.94. The lowest BCUT2D eigenvalue weighted by Crippen LogP contribution is -2.13. The lowest BCUT2D eigenvalue weighted by molar-refractivity contribution is 0.112. The van der Waals surface area contributed by atoms with Gasteiger partial charge in [0.05, 0.1) is 17.1 Å². The van der Waals surface area contributed by atoms with E-state index in [-0.39, 0.29) is 11.2 Å². The van der Waals surface area contributed by atoms with E-state index < -0.39 is 0 Å². The van der Waals surface area contributed by atoms with Crippen LogP contribution in [0.3, 0.4) is 0 Å². The number of hydrogen-bond acceptors (Lipinski definition) is 4. The highest BCUT2D eigenvalue weighted by molar-refractivity contribution is 5.82. The van der Waals surface area contributed by atoms with Gasteiger partial charge in [-0.05, 0) is 31.2 Å². The largest absolute Gasteiger partial charge is 0.299 e. The second-order valence-electron chi connectivity index (χ2n) is 4.94. The Morgan fingerprint density at radius 1 is 1.00 bits per heavy atom. The monoisotopic (exact) mass is 306 g/mol. The normalized spacial score (nSPS) is 11.0.